The van der Waals surface area contributed by atoms with Gasteiger partial charge in [0.1, 0.15) is 10.8 Å². The van der Waals surface area contributed by atoms with Crippen LogP contribution >= 0.6 is 23.2 Å². The molecule has 1 amide bonds. The van der Waals surface area contributed by atoms with E-state index < -0.39 is 5.82 Å². The number of hydrogen-bond acceptors (Lipinski definition) is 2. The quantitative estimate of drug-likeness (QED) is 0.475. The Balaban J connectivity index is 1.66. The van der Waals surface area contributed by atoms with Crippen LogP contribution in [0.4, 0.5) is 10.2 Å². The first-order valence-electron chi connectivity index (χ1n) is 9.08. The summed E-state index contributed by atoms with van der Waals surface area (Å²) >= 11 is 12.2. The van der Waals surface area contributed by atoms with E-state index in [-0.39, 0.29) is 23.3 Å². The summed E-state index contributed by atoms with van der Waals surface area (Å²) in [5, 5.41) is 7.39. The highest BCUT2D eigenvalue weighted by Gasteiger charge is 2.13. The molecule has 150 valence electrons. The molecule has 1 N–H and O–H groups in total. The Morgan fingerprint density at radius 2 is 1.90 bits per heavy atom. The molecular weight excluding hydrogens is 412 g/mol. The highest BCUT2D eigenvalue weighted by atomic mass is 35.5. The summed E-state index contributed by atoms with van der Waals surface area (Å²) in [6.07, 6.45) is 4.63. The summed E-state index contributed by atoms with van der Waals surface area (Å²) in [4.78, 5) is 12.2. The summed E-state index contributed by atoms with van der Waals surface area (Å²) < 4.78 is 15.4. The number of nitrogens with zero attached hydrogens (tertiary/aromatic N) is 2. The molecule has 0 aliphatic carbocycles. The minimum atomic E-state index is -0.430. The van der Waals surface area contributed by atoms with Crippen LogP contribution in [0.25, 0.3) is 6.08 Å². The van der Waals surface area contributed by atoms with Gasteiger partial charge in [-0.25, -0.2) is 4.39 Å². The number of amides is 1. The van der Waals surface area contributed by atoms with Gasteiger partial charge < -0.3 is 5.32 Å². The fourth-order valence-electron chi connectivity index (χ4n) is 2.73. The van der Waals surface area contributed by atoms with Crippen LogP contribution in [0.2, 0.25) is 10.0 Å². The van der Waals surface area contributed by atoms with Crippen molar-refractivity contribution in [2.45, 2.75) is 26.3 Å². The van der Waals surface area contributed by atoms with Crippen LogP contribution in [0, 0.1) is 5.82 Å². The number of halogens is 3. The van der Waals surface area contributed by atoms with Gasteiger partial charge in [0.2, 0.25) is 5.91 Å². The minimum absolute atomic E-state index is 0.0964. The molecule has 0 atom stereocenters. The molecule has 0 fully saturated rings. The maximum absolute atomic E-state index is 13.9. The summed E-state index contributed by atoms with van der Waals surface area (Å²) in [5.74, 6) is -0.146. The fourth-order valence-corrected chi connectivity index (χ4v) is 3.15. The van der Waals surface area contributed by atoms with Gasteiger partial charge in [-0.2, -0.15) is 5.10 Å². The molecule has 0 aliphatic heterocycles. The smallest absolute Gasteiger partial charge is 0.249 e. The molecule has 0 aliphatic rings. The van der Waals surface area contributed by atoms with Gasteiger partial charge in [-0.15, -0.1) is 0 Å². The van der Waals surface area contributed by atoms with Gasteiger partial charge in [-0.3, -0.25) is 9.48 Å². The van der Waals surface area contributed by atoms with Crippen molar-refractivity contribution < 1.29 is 9.18 Å². The SMILES string of the molecule is CC(C)c1ccc(/C=C/C(=O)Nc2nn(Cc3c(F)cccc3Cl)cc2Cl)cc1. The summed E-state index contributed by atoms with van der Waals surface area (Å²) in [7, 11) is 0. The van der Waals surface area contributed by atoms with Gasteiger partial charge in [0, 0.05) is 22.9 Å². The third-order valence-corrected chi connectivity index (χ3v) is 5.00. The van der Waals surface area contributed by atoms with Crippen molar-refractivity contribution in [3.63, 3.8) is 0 Å². The number of hydrogen-bond donors (Lipinski definition) is 1. The normalized spacial score (nSPS) is 11.4. The lowest BCUT2D eigenvalue weighted by Crippen LogP contribution is -2.10. The molecule has 0 unspecified atom stereocenters. The topological polar surface area (TPSA) is 46.9 Å². The summed E-state index contributed by atoms with van der Waals surface area (Å²) in [6.45, 7) is 4.35. The van der Waals surface area contributed by atoms with Gasteiger partial charge in [0.15, 0.2) is 5.82 Å². The summed E-state index contributed by atoms with van der Waals surface area (Å²) in [5.41, 5.74) is 2.45. The molecule has 3 aromatic rings. The van der Waals surface area contributed by atoms with E-state index in [2.05, 4.69) is 24.3 Å². The molecule has 0 radical (unpaired) electrons. The zero-order chi connectivity index (χ0) is 21.0. The highest BCUT2D eigenvalue weighted by molar-refractivity contribution is 6.33. The Kier molecular flexibility index (Phi) is 6.72. The van der Waals surface area contributed by atoms with Crippen molar-refractivity contribution in [3.05, 3.63) is 87.3 Å². The second kappa shape index (κ2) is 9.25. The zero-order valence-electron chi connectivity index (χ0n) is 16.0. The van der Waals surface area contributed by atoms with Gasteiger partial charge >= 0.3 is 0 Å². The second-order valence-corrected chi connectivity index (χ2v) is 7.68. The van der Waals surface area contributed by atoms with Gasteiger partial charge in [-0.05, 0) is 35.3 Å². The second-order valence-electron chi connectivity index (χ2n) is 6.87. The monoisotopic (exact) mass is 431 g/mol. The Labute approximate surface area is 179 Å². The molecule has 0 saturated heterocycles. The minimum Gasteiger partial charge on any atom is -0.304 e. The number of anilines is 1. The maximum atomic E-state index is 13.9. The van der Waals surface area contributed by atoms with Gasteiger partial charge in [0.25, 0.3) is 0 Å². The van der Waals surface area contributed by atoms with Crippen LogP contribution < -0.4 is 5.32 Å². The molecule has 0 bridgehead atoms. The van der Waals surface area contributed by atoms with E-state index >= 15 is 0 Å². The molecule has 1 aromatic heterocycles. The number of benzene rings is 2. The molecule has 0 saturated carbocycles. The van der Waals surface area contributed by atoms with E-state index in [1.54, 1.807) is 12.1 Å². The van der Waals surface area contributed by atoms with Gasteiger partial charge in [-0.1, -0.05) is 67.4 Å². The zero-order valence-corrected chi connectivity index (χ0v) is 17.5. The van der Waals surface area contributed by atoms with Crippen molar-refractivity contribution in [1.29, 1.82) is 0 Å². The van der Waals surface area contributed by atoms with Crippen LogP contribution in [0.15, 0.2) is 54.7 Å². The van der Waals surface area contributed by atoms with Crippen molar-refractivity contribution >= 4 is 41.0 Å². The van der Waals surface area contributed by atoms with Crippen molar-refractivity contribution in [1.82, 2.24) is 9.78 Å². The standard InChI is InChI=1S/C22H20Cl2FN3O/c1-14(2)16-9-6-15(7-10-16)8-11-21(29)26-22-19(24)13-28(27-22)12-17-18(23)4-3-5-20(17)25/h3-11,13-14H,12H2,1-2H3,(H,26,27,29)/b11-8+. The first-order valence-corrected chi connectivity index (χ1v) is 9.84. The Morgan fingerprint density at radius 1 is 1.17 bits per heavy atom. The van der Waals surface area contributed by atoms with Crippen molar-refractivity contribution in [3.8, 4) is 0 Å². The van der Waals surface area contributed by atoms with E-state index in [1.165, 1.54) is 34.7 Å². The van der Waals surface area contributed by atoms with E-state index in [0.717, 1.165) is 5.56 Å². The average molecular weight is 432 g/mol. The van der Waals surface area contributed by atoms with Crippen molar-refractivity contribution in [2.75, 3.05) is 5.32 Å². The Morgan fingerprint density at radius 3 is 2.55 bits per heavy atom. The first-order chi connectivity index (χ1) is 13.8. The average Bonchev–Trinajstić information content (AvgIpc) is 3.02. The van der Waals surface area contributed by atoms with Crippen LogP contribution in [0.5, 0.6) is 0 Å². The number of carbonyl (C=O) groups is 1. The molecule has 4 nitrogen and oxygen atoms in total. The third-order valence-electron chi connectivity index (χ3n) is 4.37. The number of carbonyl (C=O) groups excluding carboxylic acids is 1. The lowest BCUT2D eigenvalue weighted by atomic mass is 10.0. The number of aromatic nitrogens is 2. The fraction of sp³-hybridized carbons (Fsp3) is 0.182. The molecule has 7 heteroatoms. The van der Waals surface area contributed by atoms with E-state index in [1.807, 2.05) is 24.3 Å². The van der Waals surface area contributed by atoms with Crippen LogP contribution in [-0.2, 0) is 11.3 Å². The molecule has 29 heavy (non-hydrogen) atoms. The third kappa shape index (κ3) is 5.46. The summed E-state index contributed by atoms with van der Waals surface area (Å²) in [6, 6.07) is 12.5. The lowest BCUT2D eigenvalue weighted by Gasteiger charge is -2.05. The number of rotatable bonds is 6. The van der Waals surface area contributed by atoms with E-state index in [4.69, 9.17) is 23.2 Å². The molecule has 1 heterocycles. The Hall–Kier alpha value is -2.63. The largest absolute Gasteiger partial charge is 0.304 e. The van der Waals surface area contributed by atoms with Crippen LogP contribution in [-0.4, -0.2) is 15.7 Å². The molecule has 2 aromatic carbocycles. The lowest BCUT2D eigenvalue weighted by molar-refractivity contribution is -0.111. The Bertz CT molecular complexity index is 1020. The first kappa shape index (κ1) is 21.1. The van der Waals surface area contributed by atoms with Gasteiger partial charge in [0.05, 0.1) is 6.54 Å². The van der Waals surface area contributed by atoms with Crippen molar-refractivity contribution in [2.24, 2.45) is 0 Å². The highest BCUT2D eigenvalue weighted by Crippen LogP contribution is 2.24. The number of nitrogens with one attached hydrogen (secondary N) is 1. The predicted octanol–water partition coefficient (Wildman–Crippen LogP) is 6.15. The maximum Gasteiger partial charge on any atom is 0.249 e. The van der Waals surface area contributed by atoms with E-state index in [0.29, 0.717) is 16.5 Å². The molecular formula is C22H20Cl2FN3O. The molecule has 0 spiro atoms. The van der Waals surface area contributed by atoms with Crippen LogP contribution in [0.3, 0.4) is 0 Å². The predicted molar refractivity (Wildman–Crippen MR) is 116 cm³/mol. The molecule has 3 rings (SSSR count). The van der Waals surface area contributed by atoms with E-state index in [9.17, 15) is 9.18 Å². The van der Waals surface area contributed by atoms with Crippen LogP contribution in [0.1, 0.15) is 36.5 Å².